The highest BCUT2D eigenvalue weighted by Crippen LogP contribution is 2.18. The second kappa shape index (κ2) is 12.1. The van der Waals surface area contributed by atoms with Crippen LogP contribution in [0.15, 0.2) is 35.3 Å². The zero-order valence-corrected chi connectivity index (χ0v) is 16.7. The molecule has 0 saturated heterocycles. The number of amides is 1. The van der Waals surface area contributed by atoms with Crippen molar-refractivity contribution in [1.29, 1.82) is 0 Å². The molecule has 1 aromatic rings. The summed E-state index contributed by atoms with van der Waals surface area (Å²) >= 11 is 0. The van der Waals surface area contributed by atoms with Crippen molar-refractivity contribution in [2.45, 2.75) is 51.3 Å². The summed E-state index contributed by atoms with van der Waals surface area (Å²) in [4.78, 5) is 30.0. The Labute approximate surface area is 166 Å². The SMILES string of the molecule is CC(C)C[C@H](N)C(=O)N(CC(O)c1ccccc1)[C@H](C=O)CCCN=C(N)N. The minimum atomic E-state index is -0.920. The Bertz CT molecular complexity index is 632. The van der Waals surface area contributed by atoms with Crippen LogP contribution in [-0.4, -0.2) is 53.3 Å². The summed E-state index contributed by atoms with van der Waals surface area (Å²) < 4.78 is 0. The number of nitrogens with two attached hydrogens (primary N) is 3. The number of aliphatic hydroxyl groups is 1. The lowest BCUT2D eigenvalue weighted by molar-refractivity contribution is -0.139. The van der Waals surface area contributed by atoms with Gasteiger partial charge in [0.15, 0.2) is 5.96 Å². The van der Waals surface area contributed by atoms with Crippen molar-refractivity contribution in [2.75, 3.05) is 13.1 Å². The number of rotatable bonds is 12. The lowest BCUT2D eigenvalue weighted by Crippen LogP contribution is -2.51. The highest BCUT2D eigenvalue weighted by Gasteiger charge is 2.29. The summed E-state index contributed by atoms with van der Waals surface area (Å²) in [6.07, 6.45) is 1.19. The normalized spacial score (nSPS) is 14.2. The molecule has 1 aromatic carbocycles. The molecule has 1 rings (SSSR count). The van der Waals surface area contributed by atoms with E-state index in [9.17, 15) is 14.7 Å². The van der Waals surface area contributed by atoms with E-state index in [2.05, 4.69) is 4.99 Å². The maximum atomic E-state index is 13.0. The van der Waals surface area contributed by atoms with Gasteiger partial charge in [-0.25, -0.2) is 0 Å². The molecule has 0 aliphatic rings. The summed E-state index contributed by atoms with van der Waals surface area (Å²) in [6, 6.07) is 7.56. The number of aliphatic imine (C=N–C) groups is 1. The van der Waals surface area contributed by atoms with E-state index in [-0.39, 0.29) is 24.3 Å². The van der Waals surface area contributed by atoms with Gasteiger partial charge in [-0.05, 0) is 30.7 Å². The van der Waals surface area contributed by atoms with Gasteiger partial charge in [0.25, 0.3) is 0 Å². The molecule has 7 N–H and O–H groups in total. The number of hydrogen-bond donors (Lipinski definition) is 4. The summed E-state index contributed by atoms with van der Waals surface area (Å²) in [6.45, 7) is 4.29. The average Bonchev–Trinajstić information content (AvgIpc) is 2.66. The molecule has 0 aliphatic heterocycles. The second-order valence-electron chi connectivity index (χ2n) is 7.31. The Hall–Kier alpha value is -2.45. The van der Waals surface area contributed by atoms with Crippen molar-refractivity contribution in [3.05, 3.63) is 35.9 Å². The van der Waals surface area contributed by atoms with Gasteiger partial charge in [0.2, 0.25) is 5.91 Å². The van der Waals surface area contributed by atoms with E-state index in [1.165, 1.54) is 4.90 Å². The van der Waals surface area contributed by atoms with E-state index in [1.807, 2.05) is 32.0 Å². The highest BCUT2D eigenvalue weighted by atomic mass is 16.3. The maximum absolute atomic E-state index is 13.0. The van der Waals surface area contributed by atoms with Crippen molar-refractivity contribution in [3.63, 3.8) is 0 Å². The average molecular weight is 392 g/mol. The zero-order valence-electron chi connectivity index (χ0n) is 16.7. The molecule has 0 aromatic heterocycles. The van der Waals surface area contributed by atoms with E-state index in [0.29, 0.717) is 37.7 Å². The van der Waals surface area contributed by atoms with Crippen LogP contribution >= 0.6 is 0 Å². The molecule has 0 heterocycles. The molecule has 0 saturated carbocycles. The molecule has 0 spiro atoms. The zero-order chi connectivity index (χ0) is 21.1. The lowest BCUT2D eigenvalue weighted by Gasteiger charge is -2.32. The molecule has 28 heavy (non-hydrogen) atoms. The fourth-order valence-electron chi connectivity index (χ4n) is 2.98. The summed E-state index contributed by atoms with van der Waals surface area (Å²) in [7, 11) is 0. The smallest absolute Gasteiger partial charge is 0.240 e. The first-order chi connectivity index (χ1) is 13.3. The van der Waals surface area contributed by atoms with Crippen LogP contribution in [0.3, 0.4) is 0 Å². The maximum Gasteiger partial charge on any atom is 0.240 e. The van der Waals surface area contributed by atoms with E-state index in [4.69, 9.17) is 17.2 Å². The van der Waals surface area contributed by atoms with Gasteiger partial charge in [-0.3, -0.25) is 9.79 Å². The van der Waals surface area contributed by atoms with Gasteiger partial charge in [-0.1, -0.05) is 44.2 Å². The van der Waals surface area contributed by atoms with Gasteiger partial charge in [0, 0.05) is 6.54 Å². The predicted octanol–water partition coefficient (Wildman–Crippen LogP) is 0.543. The third kappa shape index (κ3) is 8.06. The number of aliphatic hydroxyl groups excluding tert-OH is 1. The molecule has 8 heteroatoms. The Kier molecular flexibility index (Phi) is 10.2. The number of guanidine groups is 1. The van der Waals surface area contributed by atoms with Gasteiger partial charge in [-0.2, -0.15) is 0 Å². The van der Waals surface area contributed by atoms with Gasteiger partial charge in [0.05, 0.1) is 24.7 Å². The summed E-state index contributed by atoms with van der Waals surface area (Å²) in [5.41, 5.74) is 17.4. The van der Waals surface area contributed by atoms with Gasteiger partial charge >= 0.3 is 0 Å². The van der Waals surface area contributed by atoms with Crippen molar-refractivity contribution in [1.82, 2.24) is 4.90 Å². The van der Waals surface area contributed by atoms with Crippen molar-refractivity contribution >= 4 is 18.2 Å². The van der Waals surface area contributed by atoms with Crippen LogP contribution in [0.25, 0.3) is 0 Å². The summed E-state index contributed by atoms with van der Waals surface area (Å²) in [5, 5.41) is 10.6. The molecule has 0 radical (unpaired) electrons. The minimum absolute atomic E-state index is 0.0135. The van der Waals surface area contributed by atoms with Crippen LogP contribution in [0.1, 0.15) is 44.8 Å². The van der Waals surface area contributed by atoms with Crippen LogP contribution < -0.4 is 17.2 Å². The van der Waals surface area contributed by atoms with Crippen LogP contribution in [0.4, 0.5) is 0 Å². The van der Waals surface area contributed by atoms with E-state index in [0.717, 1.165) is 0 Å². The van der Waals surface area contributed by atoms with Gasteiger partial charge in [0.1, 0.15) is 6.29 Å². The third-order valence-corrected chi connectivity index (χ3v) is 4.39. The monoisotopic (exact) mass is 391 g/mol. The summed E-state index contributed by atoms with van der Waals surface area (Å²) in [5.74, 6) is -0.131. The van der Waals surface area contributed by atoms with E-state index >= 15 is 0 Å². The number of benzene rings is 1. The van der Waals surface area contributed by atoms with Gasteiger partial charge < -0.3 is 32.0 Å². The standard InChI is InChI=1S/C20H33N5O3/c1-14(2)11-17(21)19(28)25(12-18(27)15-7-4-3-5-8-15)16(13-26)9-6-10-24-20(22)23/h3-5,7-8,13-14,16-18,27H,6,9-12,21H2,1-2H3,(H4,22,23,24)/t16-,17-,18?/m0/s1. The molecular weight excluding hydrogens is 358 g/mol. The molecule has 3 atom stereocenters. The molecule has 0 aliphatic carbocycles. The number of carbonyl (C=O) groups is 2. The fraction of sp³-hybridized carbons (Fsp3) is 0.550. The quantitative estimate of drug-likeness (QED) is 0.177. The van der Waals surface area contributed by atoms with Gasteiger partial charge in [-0.15, -0.1) is 0 Å². The molecule has 0 fully saturated rings. The number of hydrogen-bond acceptors (Lipinski definition) is 5. The highest BCUT2D eigenvalue weighted by molar-refractivity contribution is 5.84. The van der Waals surface area contributed by atoms with Crippen LogP contribution in [0, 0.1) is 5.92 Å². The van der Waals surface area contributed by atoms with Crippen LogP contribution in [0.2, 0.25) is 0 Å². The molecule has 1 amide bonds. The van der Waals surface area contributed by atoms with Crippen molar-refractivity contribution in [2.24, 2.45) is 28.1 Å². The number of aldehydes is 1. The first-order valence-electron chi connectivity index (χ1n) is 9.56. The minimum Gasteiger partial charge on any atom is -0.387 e. The second-order valence-corrected chi connectivity index (χ2v) is 7.31. The number of nitrogens with zero attached hydrogens (tertiary/aromatic N) is 2. The topological polar surface area (TPSA) is 148 Å². The van der Waals surface area contributed by atoms with Crippen LogP contribution in [-0.2, 0) is 9.59 Å². The first-order valence-corrected chi connectivity index (χ1v) is 9.56. The van der Waals surface area contributed by atoms with Crippen LogP contribution in [0.5, 0.6) is 0 Å². The molecule has 1 unspecified atom stereocenters. The largest absolute Gasteiger partial charge is 0.387 e. The number of carbonyl (C=O) groups excluding carboxylic acids is 2. The molecule has 0 bridgehead atoms. The molecule has 8 nitrogen and oxygen atoms in total. The van der Waals surface area contributed by atoms with Crippen molar-refractivity contribution in [3.8, 4) is 0 Å². The third-order valence-electron chi connectivity index (χ3n) is 4.39. The van der Waals surface area contributed by atoms with E-state index in [1.54, 1.807) is 12.1 Å². The molecular formula is C20H33N5O3. The molecule has 156 valence electrons. The van der Waals surface area contributed by atoms with E-state index < -0.39 is 18.2 Å². The van der Waals surface area contributed by atoms with Crippen molar-refractivity contribution < 1.29 is 14.7 Å². The predicted molar refractivity (Wildman–Crippen MR) is 110 cm³/mol. The Morgan fingerprint density at radius 3 is 2.43 bits per heavy atom. The Morgan fingerprint density at radius 2 is 1.89 bits per heavy atom. The fourth-order valence-corrected chi connectivity index (χ4v) is 2.98. The Balaban J connectivity index is 2.95. The Morgan fingerprint density at radius 1 is 1.25 bits per heavy atom. The first kappa shape index (κ1) is 23.6. The lowest BCUT2D eigenvalue weighted by atomic mass is 10.0.